The van der Waals surface area contributed by atoms with Gasteiger partial charge in [0.2, 0.25) is 0 Å². The normalized spacial score (nSPS) is 17.6. The van der Waals surface area contributed by atoms with Crippen molar-refractivity contribution in [1.82, 2.24) is 4.90 Å². The van der Waals surface area contributed by atoms with Gasteiger partial charge in [-0.2, -0.15) is 0 Å². The molecule has 0 saturated heterocycles. The molecule has 0 spiro atoms. The van der Waals surface area contributed by atoms with Gasteiger partial charge in [0.1, 0.15) is 0 Å². The minimum Gasteiger partial charge on any atom is -0.384 e. The molecule has 1 unspecified atom stereocenters. The molecular formula is C19H32N2. The number of para-hydroxylation sites is 1. The quantitative estimate of drug-likeness (QED) is 0.752. The summed E-state index contributed by atoms with van der Waals surface area (Å²) < 4.78 is 0. The lowest BCUT2D eigenvalue weighted by Crippen LogP contribution is -2.32. The zero-order chi connectivity index (χ0) is 15.2. The highest BCUT2D eigenvalue weighted by Gasteiger charge is 2.23. The largest absolute Gasteiger partial charge is 0.384 e. The second-order valence-corrected chi connectivity index (χ2v) is 7.33. The summed E-state index contributed by atoms with van der Waals surface area (Å²) in [6, 6.07) is 8.81. The summed E-state index contributed by atoms with van der Waals surface area (Å²) in [5.41, 5.74) is 2.85. The summed E-state index contributed by atoms with van der Waals surface area (Å²) in [5.74, 6) is 2.24. The van der Waals surface area contributed by atoms with Crippen molar-refractivity contribution in [2.75, 3.05) is 31.5 Å². The molecule has 0 bridgehead atoms. The van der Waals surface area contributed by atoms with Crippen LogP contribution in [0.25, 0.3) is 0 Å². The van der Waals surface area contributed by atoms with Gasteiger partial charge in [0.05, 0.1) is 0 Å². The molecular weight excluding hydrogens is 256 g/mol. The average Bonchev–Trinajstić information content (AvgIpc) is 2.85. The molecule has 0 amide bonds. The maximum Gasteiger partial charge on any atom is 0.0376 e. The zero-order valence-electron chi connectivity index (χ0n) is 14.2. The first-order valence-corrected chi connectivity index (χ1v) is 8.61. The van der Waals surface area contributed by atoms with E-state index in [0.29, 0.717) is 5.92 Å². The van der Waals surface area contributed by atoms with E-state index in [-0.39, 0.29) is 0 Å². The van der Waals surface area contributed by atoms with Crippen LogP contribution in [0, 0.1) is 11.8 Å². The van der Waals surface area contributed by atoms with Crippen molar-refractivity contribution in [2.24, 2.45) is 11.8 Å². The molecule has 0 aliphatic carbocycles. The Morgan fingerprint density at radius 2 is 1.67 bits per heavy atom. The number of fused-ring (bicyclic) bond motifs is 1. The lowest BCUT2D eigenvalue weighted by molar-refractivity contribution is 0.233. The Kier molecular flexibility index (Phi) is 6.10. The first-order valence-electron chi connectivity index (χ1n) is 8.61. The standard InChI is InChI=1S/C19H32N2/c1-15(2)9-11-21(12-10-16(3)4)14-17-13-20-19-8-6-5-7-18(17)19/h5-8,15-17,20H,9-14H2,1-4H3. The minimum atomic E-state index is 0.653. The van der Waals surface area contributed by atoms with Gasteiger partial charge in [0, 0.05) is 24.7 Å². The van der Waals surface area contributed by atoms with Crippen LogP contribution in [0.4, 0.5) is 5.69 Å². The number of hydrogen-bond donors (Lipinski definition) is 1. The van der Waals surface area contributed by atoms with Crippen LogP contribution in [0.3, 0.4) is 0 Å². The first-order chi connectivity index (χ1) is 10.1. The van der Waals surface area contributed by atoms with Crippen LogP contribution in [-0.4, -0.2) is 31.1 Å². The van der Waals surface area contributed by atoms with Crippen molar-refractivity contribution >= 4 is 5.69 Å². The molecule has 2 rings (SSSR count). The Labute approximate surface area is 130 Å². The van der Waals surface area contributed by atoms with Crippen molar-refractivity contribution in [1.29, 1.82) is 0 Å². The highest BCUT2D eigenvalue weighted by atomic mass is 15.1. The highest BCUT2D eigenvalue weighted by Crippen LogP contribution is 2.31. The van der Waals surface area contributed by atoms with E-state index in [0.717, 1.165) is 18.4 Å². The fourth-order valence-electron chi connectivity index (χ4n) is 3.01. The zero-order valence-corrected chi connectivity index (χ0v) is 14.2. The fraction of sp³-hybridized carbons (Fsp3) is 0.684. The third kappa shape index (κ3) is 5.03. The van der Waals surface area contributed by atoms with E-state index in [1.807, 2.05) is 0 Å². The number of anilines is 1. The molecule has 118 valence electrons. The molecule has 2 heteroatoms. The summed E-state index contributed by atoms with van der Waals surface area (Å²) in [5, 5.41) is 3.56. The molecule has 2 nitrogen and oxygen atoms in total. The molecule has 0 aromatic heterocycles. The average molecular weight is 288 g/mol. The Bertz CT molecular complexity index is 413. The van der Waals surface area contributed by atoms with Crippen LogP contribution in [0.5, 0.6) is 0 Å². The maximum absolute atomic E-state index is 3.56. The Balaban J connectivity index is 1.94. The van der Waals surface area contributed by atoms with E-state index in [1.165, 1.54) is 43.7 Å². The van der Waals surface area contributed by atoms with Crippen molar-refractivity contribution in [2.45, 2.75) is 46.5 Å². The molecule has 1 heterocycles. The Morgan fingerprint density at radius 3 is 2.29 bits per heavy atom. The Hall–Kier alpha value is -1.02. The molecule has 21 heavy (non-hydrogen) atoms. The van der Waals surface area contributed by atoms with Crippen molar-refractivity contribution in [3.05, 3.63) is 29.8 Å². The van der Waals surface area contributed by atoms with Crippen LogP contribution < -0.4 is 5.32 Å². The lowest BCUT2D eigenvalue weighted by atomic mass is 9.99. The van der Waals surface area contributed by atoms with E-state index in [4.69, 9.17) is 0 Å². The highest BCUT2D eigenvalue weighted by molar-refractivity contribution is 5.57. The molecule has 1 aromatic carbocycles. The van der Waals surface area contributed by atoms with Gasteiger partial charge in [0.15, 0.2) is 0 Å². The van der Waals surface area contributed by atoms with E-state index < -0.39 is 0 Å². The van der Waals surface area contributed by atoms with E-state index in [9.17, 15) is 0 Å². The Morgan fingerprint density at radius 1 is 1.05 bits per heavy atom. The van der Waals surface area contributed by atoms with Crippen LogP contribution >= 0.6 is 0 Å². The van der Waals surface area contributed by atoms with E-state index in [2.05, 4.69) is 62.2 Å². The van der Waals surface area contributed by atoms with Gasteiger partial charge in [0.25, 0.3) is 0 Å². The van der Waals surface area contributed by atoms with Gasteiger partial charge in [-0.15, -0.1) is 0 Å². The van der Waals surface area contributed by atoms with Gasteiger partial charge in [-0.25, -0.2) is 0 Å². The van der Waals surface area contributed by atoms with Gasteiger partial charge in [-0.05, 0) is 49.4 Å². The van der Waals surface area contributed by atoms with E-state index in [1.54, 1.807) is 0 Å². The fourth-order valence-corrected chi connectivity index (χ4v) is 3.01. The van der Waals surface area contributed by atoms with Crippen molar-refractivity contribution < 1.29 is 0 Å². The molecule has 1 aliphatic rings. The van der Waals surface area contributed by atoms with Crippen LogP contribution in [-0.2, 0) is 0 Å². The predicted octanol–water partition coefficient (Wildman–Crippen LogP) is 4.59. The number of benzene rings is 1. The maximum atomic E-state index is 3.56. The van der Waals surface area contributed by atoms with Crippen LogP contribution in [0.1, 0.15) is 52.0 Å². The second kappa shape index (κ2) is 7.84. The monoisotopic (exact) mass is 288 g/mol. The molecule has 0 radical (unpaired) electrons. The first kappa shape index (κ1) is 16.4. The summed E-state index contributed by atoms with van der Waals surface area (Å²) in [6.45, 7) is 14.1. The summed E-state index contributed by atoms with van der Waals surface area (Å²) in [4.78, 5) is 2.69. The summed E-state index contributed by atoms with van der Waals surface area (Å²) in [7, 11) is 0. The summed E-state index contributed by atoms with van der Waals surface area (Å²) in [6.07, 6.45) is 2.61. The SMILES string of the molecule is CC(C)CCN(CCC(C)C)CC1CNc2ccccc21. The van der Waals surface area contributed by atoms with Crippen LogP contribution in [0.2, 0.25) is 0 Å². The van der Waals surface area contributed by atoms with Gasteiger partial charge in [-0.1, -0.05) is 45.9 Å². The van der Waals surface area contributed by atoms with Gasteiger partial charge < -0.3 is 10.2 Å². The minimum absolute atomic E-state index is 0.653. The number of hydrogen-bond acceptors (Lipinski definition) is 2. The van der Waals surface area contributed by atoms with E-state index >= 15 is 0 Å². The van der Waals surface area contributed by atoms with Crippen LogP contribution in [0.15, 0.2) is 24.3 Å². The summed E-state index contributed by atoms with van der Waals surface area (Å²) >= 11 is 0. The van der Waals surface area contributed by atoms with Gasteiger partial charge >= 0.3 is 0 Å². The molecule has 1 atom stereocenters. The molecule has 0 saturated carbocycles. The predicted molar refractivity (Wildman–Crippen MR) is 93.0 cm³/mol. The third-order valence-electron chi connectivity index (χ3n) is 4.46. The third-order valence-corrected chi connectivity index (χ3v) is 4.46. The smallest absolute Gasteiger partial charge is 0.0376 e. The molecule has 1 N–H and O–H groups in total. The molecule has 1 aliphatic heterocycles. The number of nitrogens with one attached hydrogen (secondary N) is 1. The lowest BCUT2D eigenvalue weighted by Gasteiger charge is -2.27. The number of nitrogens with zero attached hydrogens (tertiary/aromatic N) is 1. The number of rotatable bonds is 8. The van der Waals surface area contributed by atoms with Crippen molar-refractivity contribution in [3.8, 4) is 0 Å². The second-order valence-electron chi connectivity index (χ2n) is 7.33. The van der Waals surface area contributed by atoms with Crippen molar-refractivity contribution in [3.63, 3.8) is 0 Å². The van der Waals surface area contributed by atoms with Gasteiger partial charge in [-0.3, -0.25) is 0 Å². The molecule has 1 aromatic rings. The molecule has 0 fully saturated rings. The topological polar surface area (TPSA) is 15.3 Å².